The Morgan fingerprint density at radius 1 is 1.11 bits per heavy atom. The molecule has 1 aliphatic carbocycles. The summed E-state index contributed by atoms with van der Waals surface area (Å²) < 4.78 is 17.9. The van der Waals surface area contributed by atoms with Crippen LogP contribution in [0.2, 0.25) is 0 Å². The molecule has 6 nitrogen and oxygen atoms in total. The van der Waals surface area contributed by atoms with E-state index in [0.29, 0.717) is 38.8 Å². The van der Waals surface area contributed by atoms with E-state index in [0.717, 1.165) is 43.7 Å². The van der Waals surface area contributed by atoms with E-state index < -0.39 is 5.79 Å². The third-order valence-corrected chi connectivity index (χ3v) is 6.21. The van der Waals surface area contributed by atoms with Crippen LogP contribution in [0.3, 0.4) is 0 Å². The first-order valence-electron chi connectivity index (χ1n) is 10.6. The number of para-hydroxylation sites is 1. The van der Waals surface area contributed by atoms with Gasteiger partial charge in [-0.05, 0) is 25.3 Å². The van der Waals surface area contributed by atoms with Gasteiger partial charge in [0.1, 0.15) is 5.75 Å². The minimum Gasteiger partial charge on any atom is -0.496 e. The van der Waals surface area contributed by atoms with Crippen molar-refractivity contribution in [2.75, 3.05) is 46.5 Å². The van der Waals surface area contributed by atoms with Gasteiger partial charge < -0.3 is 19.1 Å². The van der Waals surface area contributed by atoms with Crippen LogP contribution in [0.4, 0.5) is 0 Å². The first-order chi connectivity index (χ1) is 13.7. The second-order valence-electron chi connectivity index (χ2n) is 8.22. The zero-order valence-electron chi connectivity index (χ0n) is 16.9. The maximum Gasteiger partial charge on any atom is 0.225 e. The standard InChI is InChI=1S/C22H32N2O4/c1-26-20-10-5-4-9-19(20)15-23-11-6-13-27-22(16-23)17-24(12-14-28-22)21(25)18-7-2-3-8-18/h4-5,9-10,18H,2-3,6-8,11-17H2,1H3. The number of hydrogen-bond acceptors (Lipinski definition) is 5. The minimum atomic E-state index is -0.717. The van der Waals surface area contributed by atoms with Crippen molar-refractivity contribution in [2.45, 2.75) is 44.4 Å². The quantitative estimate of drug-likeness (QED) is 0.794. The van der Waals surface area contributed by atoms with E-state index >= 15 is 0 Å². The van der Waals surface area contributed by atoms with Gasteiger partial charge in [0.25, 0.3) is 0 Å². The number of rotatable bonds is 4. The third kappa shape index (κ3) is 4.34. The summed E-state index contributed by atoms with van der Waals surface area (Å²) in [6.45, 7) is 4.81. The first kappa shape index (κ1) is 19.7. The zero-order chi connectivity index (χ0) is 19.4. The molecule has 0 N–H and O–H groups in total. The Morgan fingerprint density at radius 3 is 2.71 bits per heavy atom. The lowest BCUT2D eigenvalue weighted by molar-refractivity contribution is -0.265. The maximum absolute atomic E-state index is 13.0. The lowest BCUT2D eigenvalue weighted by Gasteiger charge is -2.43. The van der Waals surface area contributed by atoms with E-state index in [1.807, 2.05) is 23.1 Å². The number of methoxy groups -OCH3 is 1. The molecule has 2 aliphatic heterocycles. The van der Waals surface area contributed by atoms with Crippen LogP contribution in [-0.2, 0) is 20.8 Å². The molecule has 4 rings (SSSR count). The molecule has 154 valence electrons. The molecule has 1 aromatic carbocycles. The molecule has 0 aromatic heterocycles. The zero-order valence-corrected chi connectivity index (χ0v) is 16.9. The Balaban J connectivity index is 1.45. The van der Waals surface area contributed by atoms with Gasteiger partial charge in [-0.1, -0.05) is 31.0 Å². The summed E-state index contributed by atoms with van der Waals surface area (Å²) in [6.07, 6.45) is 5.37. The molecule has 0 radical (unpaired) electrons. The Morgan fingerprint density at radius 2 is 1.89 bits per heavy atom. The highest BCUT2D eigenvalue weighted by Crippen LogP contribution is 2.31. The van der Waals surface area contributed by atoms with Crippen LogP contribution in [0, 0.1) is 5.92 Å². The van der Waals surface area contributed by atoms with E-state index in [-0.39, 0.29) is 5.92 Å². The second kappa shape index (κ2) is 8.80. The highest BCUT2D eigenvalue weighted by Gasteiger charge is 2.43. The Hall–Kier alpha value is -1.63. The SMILES string of the molecule is COc1ccccc1CN1CCCOC2(C1)CN(C(=O)C1CCCC1)CCO2. The summed E-state index contributed by atoms with van der Waals surface area (Å²) in [5.41, 5.74) is 1.16. The summed E-state index contributed by atoms with van der Waals surface area (Å²) in [5.74, 6) is 0.685. The van der Waals surface area contributed by atoms with Gasteiger partial charge in [0.05, 0.1) is 33.4 Å². The number of carbonyl (C=O) groups is 1. The van der Waals surface area contributed by atoms with Gasteiger partial charge in [-0.3, -0.25) is 9.69 Å². The summed E-state index contributed by atoms with van der Waals surface area (Å²) >= 11 is 0. The largest absolute Gasteiger partial charge is 0.496 e. The van der Waals surface area contributed by atoms with Crippen LogP contribution in [0.25, 0.3) is 0 Å². The Kier molecular flexibility index (Phi) is 6.19. The molecular weight excluding hydrogens is 356 g/mol. The molecular formula is C22H32N2O4. The predicted octanol–water partition coefficient (Wildman–Crippen LogP) is 2.66. The molecule has 1 saturated carbocycles. The first-order valence-corrected chi connectivity index (χ1v) is 10.6. The van der Waals surface area contributed by atoms with Gasteiger partial charge in [-0.15, -0.1) is 0 Å². The predicted molar refractivity (Wildman–Crippen MR) is 106 cm³/mol. The van der Waals surface area contributed by atoms with Crippen molar-refractivity contribution in [3.63, 3.8) is 0 Å². The number of ether oxygens (including phenoxy) is 3. The summed E-state index contributed by atoms with van der Waals surface area (Å²) in [7, 11) is 1.71. The van der Waals surface area contributed by atoms with Crippen molar-refractivity contribution in [3.8, 4) is 5.75 Å². The molecule has 28 heavy (non-hydrogen) atoms. The molecule has 2 saturated heterocycles. The van der Waals surface area contributed by atoms with E-state index in [4.69, 9.17) is 14.2 Å². The second-order valence-corrected chi connectivity index (χ2v) is 8.22. The highest BCUT2D eigenvalue weighted by atomic mass is 16.7. The van der Waals surface area contributed by atoms with E-state index in [2.05, 4.69) is 11.0 Å². The van der Waals surface area contributed by atoms with Crippen LogP contribution in [0.1, 0.15) is 37.7 Å². The summed E-state index contributed by atoms with van der Waals surface area (Å²) in [5, 5.41) is 0. The van der Waals surface area contributed by atoms with Gasteiger partial charge in [0.15, 0.2) is 5.79 Å². The minimum absolute atomic E-state index is 0.200. The fourth-order valence-electron chi connectivity index (χ4n) is 4.78. The molecule has 1 atom stereocenters. The third-order valence-electron chi connectivity index (χ3n) is 6.21. The number of carbonyl (C=O) groups excluding carboxylic acids is 1. The molecule has 1 amide bonds. The number of nitrogens with zero attached hydrogens (tertiary/aromatic N) is 2. The highest BCUT2D eigenvalue weighted by molar-refractivity contribution is 5.79. The molecule has 3 fully saturated rings. The lowest BCUT2D eigenvalue weighted by atomic mass is 10.1. The number of morpholine rings is 1. The number of amides is 1. The fraction of sp³-hybridized carbons (Fsp3) is 0.682. The Bertz CT molecular complexity index is 676. The van der Waals surface area contributed by atoms with E-state index in [9.17, 15) is 4.79 Å². The van der Waals surface area contributed by atoms with Crippen molar-refractivity contribution < 1.29 is 19.0 Å². The van der Waals surface area contributed by atoms with Crippen molar-refractivity contribution in [3.05, 3.63) is 29.8 Å². The van der Waals surface area contributed by atoms with Crippen LogP contribution in [-0.4, -0.2) is 68.0 Å². The monoisotopic (exact) mass is 388 g/mol. The van der Waals surface area contributed by atoms with Crippen LogP contribution in [0.5, 0.6) is 5.75 Å². The van der Waals surface area contributed by atoms with Crippen LogP contribution >= 0.6 is 0 Å². The normalized spacial score (nSPS) is 27.1. The Labute approximate surface area is 167 Å². The van der Waals surface area contributed by atoms with Crippen molar-refractivity contribution in [2.24, 2.45) is 5.92 Å². The molecule has 1 unspecified atom stereocenters. The molecule has 1 aromatic rings. The lowest BCUT2D eigenvalue weighted by Crippen LogP contribution is -2.59. The van der Waals surface area contributed by atoms with Gasteiger partial charge in [0, 0.05) is 31.1 Å². The van der Waals surface area contributed by atoms with Gasteiger partial charge in [0.2, 0.25) is 5.91 Å². The van der Waals surface area contributed by atoms with E-state index in [1.165, 1.54) is 12.8 Å². The smallest absolute Gasteiger partial charge is 0.225 e. The molecule has 2 heterocycles. The molecule has 3 aliphatic rings. The van der Waals surface area contributed by atoms with E-state index in [1.54, 1.807) is 7.11 Å². The molecule has 1 spiro atoms. The van der Waals surface area contributed by atoms with Crippen molar-refractivity contribution in [1.29, 1.82) is 0 Å². The van der Waals surface area contributed by atoms with Crippen LogP contribution in [0.15, 0.2) is 24.3 Å². The summed E-state index contributed by atoms with van der Waals surface area (Å²) in [6, 6.07) is 8.14. The van der Waals surface area contributed by atoms with Crippen molar-refractivity contribution in [1.82, 2.24) is 9.80 Å². The topological polar surface area (TPSA) is 51.2 Å². The fourth-order valence-corrected chi connectivity index (χ4v) is 4.78. The van der Waals surface area contributed by atoms with Crippen LogP contribution < -0.4 is 4.74 Å². The molecule has 0 bridgehead atoms. The van der Waals surface area contributed by atoms with Gasteiger partial charge in [-0.2, -0.15) is 0 Å². The molecule has 6 heteroatoms. The average molecular weight is 389 g/mol. The van der Waals surface area contributed by atoms with Crippen molar-refractivity contribution >= 4 is 5.91 Å². The maximum atomic E-state index is 13.0. The average Bonchev–Trinajstić information content (AvgIpc) is 3.19. The van der Waals surface area contributed by atoms with Gasteiger partial charge in [-0.25, -0.2) is 0 Å². The number of benzene rings is 1. The van der Waals surface area contributed by atoms with Gasteiger partial charge >= 0.3 is 0 Å². The number of hydrogen-bond donors (Lipinski definition) is 0. The summed E-state index contributed by atoms with van der Waals surface area (Å²) in [4.78, 5) is 17.3.